The van der Waals surface area contributed by atoms with Gasteiger partial charge in [0.25, 0.3) is 0 Å². The van der Waals surface area contributed by atoms with Gasteiger partial charge in [0.1, 0.15) is 11.1 Å². The van der Waals surface area contributed by atoms with Gasteiger partial charge in [0.2, 0.25) is 5.91 Å². The van der Waals surface area contributed by atoms with Crippen molar-refractivity contribution in [3.8, 4) is 5.75 Å². The Kier molecular flexibility index (Phi) is 6.68. The number of hydrogen-bond acceptors (Lipinski definition) is 4. The van der Waals surface area contributed by atoms with E-state index in [1.54, 1.807) is 36.1 Å². The number of hydrogen-bond donors (Lipinski definition) is 0. The molecule has 0 saturated heterocycles. The van der Waals surface area contributed by atoms with Crippen molar-refractivity contribution in [2.45, 2.75) is 45.7 Å². The molecule has 0 radical (unpaired) electrons. The summed E-state index contributed by atoms with van der Waals surface area (Å²) in [6.45, 7) is 7.41. The Labute approximate surface area is 137 Å². The molecule has 0 heterocycles. The quantitative estimate of drug-likeness (QED) is 0.562. The zero-order chi connectivity index (χ0) is 16.9. The molecule has 7 heteroatoms. The lowest BCUT2D eigenvalue weighted by molar-refractivity contribution is -0.132. The molecule has 1 aromatic rings. The molecule has 0 aliphatic carbocycles. The minimum atomic E-state index is -3.53. The van der Waals surface area contributed by atoms with Crippen molar-refractivity contribution in [1.29, 1.82) is 0 Å². The minimum Gasteiger partial charge on any atom is -0.382 e. The van der Waals surface area contributed by atoms with Crippen LogP contribution in [0.1, 0.15) is 33.3 Å². The van der Waals surface area contributed by atoms with Gasteiger partial charge < -0.3 is 9.08 Å². The molecule has 0 aromatic heterocycles. The molecule has 0 aliphatic heterocycles. The van der Waals surface area contributed by atoms with Crippen LogP contribution in [0, 0.1) is 0 Å². The molecule has 0 unspecified atom stereocenters. The van der Waals surface area contributed by atoms with Gasteiger partial charge in [-0.3, -0.25) is 4.79 Å². The van der Waals surface area contributed by atoms with Gasteiger partial charge in [0.15, 0.2) is 0 Å². The Morgan fingerprint density at radius 2 is 1.77 bits per heavy atom. The number of rotatable bonds is 7. The highest BCUT2D eigenvalue weighted by atomic mass is 35.5. The van der Waals surface area contributed by atoms with Crippen LogP contribution in [-0.4, -0.2) is 36.4 Å². The second-order valence-corrected chi connectivity index (χ2v) is 7.76. The van der Waals surface area contributed by atoms with E-state index in [1.807, 2.05) is 13.8 Å². The standard InChI is InChI=1S/C15H22ClNO4S/c1-5-22(19,20)21-14-8-6-13(7-9-14)10-17(11(2)3)15(18)12(4)16/h6-9,11-12H,5,10H2,1-4H3/t12-/m1/s1. The lowest BCUT2D eigenvalue weighted by Gasteiger charge is -2.28. The zero-order valence-corrected chi connectivity index (χ0v) is 14.8. The van der Waals surface area contributed by atoms with Crippen LogP contribution in [0.2, 0.25) is 0 Å². The van der Waals surface area contributed by atoms with Gasteiger partial charge in [-0.2, -0.15) is 8.42 Å². The van der Waals surface area contributed by atoms with Gasteiger partial charge in [-0.1, -0.05) is 12.1 Å². The molecule has 0 aliphatic rings. The number of carbonyl (C=O) groups excluding carboxylic acids is 1. The van der Waals surface area contributed by atoms with E-state index in [0.717, 1.165) is 5.56 Å². The Morgan fingerprint density at radius 3 is 2.18 bits per heavy atom. The summed E-state index contributed by atoms with van der Waals surface area (Å²) in [6, 6.07) is 6.65. The Bertz CT molecular complexity index is 596. The van der Waals surface area contributed by atoms with Gasteiger partial charge in [0.05, 0.1) is 5.75 Å². The first-order valence-electron chi connectivity index (χ1n) is 7.12. The molecule has 0 fully saturated rings. The van der Waals surface area contributed by atoms with E-state index >= 15 is 0 Å². The maximum absolute atomic E-state index is 12.1. The molecular weight excluding hydrogens is 326 g/mol. The van der Waals surface area contributed by atoms with Crippen LogP contribution in [-0.2, 0) is 21.5 Å². The normalized spacial score (nSPS) is 13.0. The number of alkyl halides is 1. The van der Waals surface area contributed by atoms with Crippen LogP contribution in [0.4, 0.5) is 0 Å². The molecular formula is C15H22ClNO4S. The smallest absolute Gasteiger partial charge is 0.308 e. The summed E-state index contributed by atoms with van der Waals surface area (Å²) < 4.78 is 27.7. The first kappa shape index (κ1) is 18.8. The van der Waals surface area contributed by atoms with Crippen LogP contribution >= 0.6 is 11.6 Å². The van der Waals surface area contributed by atoms with E-state index < -0.39 is 15.5 Å². The summed E-state index contributed by atoms with van der Waals surface area (Å²) in [6.07, 6.45) is 0. The van der Waals surface area contributed by atoms with Crippen molar-refractivity contribution in [3.05, 3.63) is 29.8 Å². The van der Waals surface area contributed by atoms with Gasteiger partial charge in [-0.05, 0) is 45.4 Å². The maximum atomic E-state index is 12.1. The highest BCUT2D eigenvalue weighted by Gasteiger charge is 2.21. The number of halogens is 1. The predicted molar refractivity (Wildman–Crippen MR) is 87.5 cm³/mol. The summed E-state index contributed by atoms with van der Waals surface area (Å²) in [5, 5.41) is -0.584. The van der Waals surface area contributed by atoms with Gasteiger partial charge in [-0.25, -0.2) is 0 Å². The van der Waals surface area contributed by atoms with E-state index in [4.69, 9.17) is 15.8 Å². The average Bonchev–Trinajstić information content (AvgIpc) is 2.45. The van der Waals surface area contributed by atoms with Crippen LogP contribution in [0.3, 0.4) is 0 Å². The summed E-state index contributed by atoms with van der Waals surface area (Å²) in [5.74, 6) is 0.0436. The summed E-state index contributed by atoms with van der Waals surface area (Å²) in [4.78, 5) is 13.7. The Hall–Kier alpha value is -1.27. The third-order valence-electron chi connectivity index (χ3n) is 3.10. The fourth-order valence-corrected chi connectivity index (χ4v) is 2.44. The molecule has 0 N–H and O–H groups in total. The highest BCUT2D eigenvalue weighted by molar-refractivity contribution is 7.87. The van der Waals surface area contributed by atoms with E-state index in [-0.39, 0.29) is 23.5 Å². The third-order valence-corrected chi connectivity index (χ3v) is 4.44. The molecule has 1 rings (SSSR count). The van der Waals surface area contributed by atoms with Crippen molar-refractivity contribution in [1.82, 2.24) is 4.90 Å². The minimum absolute atomic E-state index is 0.0186. The molecule has 0 bridgehead atoms. The third kappa shape index (κ3) is 5.50. The molecule has 0 saturated carbocycles. The molecule has 5 nitrogen and oxygen atoms in total. The van der Waals surface area contributed by atoms with Gasteiger partial charge in [-0.15, -0.1) is 11.6 Å². The average molecular weight is 348 g/mol. The molecule has 22 heavy (non-hydrogen) atoms. The first-order valence-corrected chi connectivity index (χ1v) is 9.13. The number of carbonyl (C=O) groups is 1. The fourth-order valence-electron chi connectivity index (χ4n) is 1.80. The first-order chi connectivity index (χ1) is 10.2. The van der Waals surface area contributed by atoms with Crippen LogP contribution in [0.5, 0.6) is 5.75 Å². The Balaban J connectivity index is 2.84. The van der Waals surface area contributed by atoms with E-state index in [0.29, 0.717) is 6.54 Å². The number of benzene rings is 1. The fraction of sp³-hybridized carbons (Fsp3) is 0.533. The lowest BCUT2D eigenvalue weighted by atomic mass is 10.1. The van der Waals surface area contributed by atoms with E-state index in [9.17, 15) is 13.2 Å². The van der Waals surface area contributed by atoms with E-state index in [2.05, 4.69) is 0 Å². The van der Waals surface area contributed by atoms with Gasteiger partial charge in [0, 0.05) is 12.6 Å². The second kappa shape index (κ2) is 7.83. The van der Waals surface area contributed by atoms with Crippen molar-refractivity contribution in [2.75, 3.05) is 5.75 Å². The predicted octanol–water partition coefficient (Wildman–Crippen LogP) is 2.78. The molecule has 1 aromatic carbocycles. The molecule has 1 amide bonds. The lowest BCUT2D eigenvalue weighted by Crippen LogP contribution is -2.40. The molecule has 0 spiro atoms. The van der Waals surface area contributed by atoms with E-state index in [1.165, 1.54) is 6.92 Å². The number of amides is 1. The van der Waals surface area contributed by atoms with Crippen molar-refractivity contribution in [3.63, 3.8) is 0 Å². The van der Waals surface area contributed by atoms with Crippen molar-refractivity contribution in [2.24, 2.45) is 0 Å². The van der Waals surface area contributed by atoms with Crippen molar-refractivity contribution >= 4 is 27.6 Å². The number of nitrogens with zero attached hydrogens (tertiary/aromatic N) is 1. The highest BCUT2D eigenvalue weighted by Crippen LogP contribution is 2.17. The molecule has 124 valence electrons. The Morgan fingerprint density at radius 1 is 1.23 bits per heavy atom. The topological polar surface area (TPSA) is 63.7 Å². The van der Waals surface area contributed by atoms with Crippen molar-refractivity contribution < 1.29 is 17.4 Å². The SMILES string of the molecule is CCS(=O)(=O)Oc1ccc(CN(C(=O)[C@@H](C)Cl)C(C)C)cc1. The summed E-state index contributed by atoms with van der Waals surface area (Å²) >= 11 is 5.87. The monoisotopic (exact) mass is 347 g/mol. The summed E-state index contributed by atoms with van der Waals surface area (Å²) in [5.41, 5.74) is 0.876. The second-order valence-electron chi connectivity index (χ2n) is 5.25. The van der Waals surface area contributed by atoms with Gasteiger partial charge >= 0.3 is 10.1 Å². The van der Waals surface area contributed by atoms with Crippen LogP contribution in [0.25, 0.3) is 0 Å². The largest absolute Gasteiger partial charge is 0.382 e. The van der Waals surface area contributed by atoms with Crippen LogP contribution < -0.4 is 4.18 Å². The molecule has 1 atom stereocenters. The van der Waals surface area contributed by atoms with Crippen LogP contribution in [0.15, 0.2) is 24.3 Å². The summed E-state index contributed by atoms with van der Waals surface area (Å²) in [7, 11) is -3.53. The maximum Gasteiger partial charge on any atom is 0.308 e. The zero-order valence-electron chi connectivity index (χ0n) is 13.2.